The number of ether oxygens (including phenoxy) is 2. The van der Waals surface area contributed by atoms with Crippen molar-refractivity contribution < 1.29 is 23.9 Å². The van der Waals surface area contributed by atoms with E-state index in [0.717, 1.165) is 34.2 Å². The van der Waals surface area contributed by atoms with E-state index in [9.17, 15) is 14.4 Å². The predicted octanol–water partition coefficient (Wildman–Crippen LogP) is 6.17. The van der Waals surface area contributed by atoms with Crippen LogP contribution in [0.2, 0.25) is 5.02 Å². The lowest BCUT2D eigenvalue weighted by atomic mass is 10.1. The number of carbonyl (C=O) groups excluding carboxylic acids is 3. The number of rotatable bonds is 9. The maximum absolute atomic E-state index is 12.9. The molecule has 1 N–H and O–H groups in total. The number of methoxy groups -OCH3 is 1. The molecule has 9 heteroatoms. The van der Waals surface area contributed by atoms with Gasteiger partial charge in [0.1, 0.15) is 13.2 Å². The van der Waals surface area contributed by atoms with Gasteiger partial charge < -0.3 is 14.8 Å². The van der Waals surface area contributed by atoms with Crippen LogP contribution in [0.25, 0.3) is 6.08 Å². The number of hydrogen-bond donors (Lipinski definition) is 1. The van der Waals surface area contributed by atoms with Crippen LogP contribution in [0.4, 0.5) is 10.5 Å². The lowest BCUT2D eigenvalue weighted by Crippen LogP contribution is -2.36. The van der Waals surface area contributed by atoms with E-state index in [1.165, 1.54) is 7.11 Å². The number of carbonyl (C=O) groups is 3. The molecule has 3 aromatic rings. The highest BCUT2D eigenvalue weighted by Crippen LogP contribution is 2.39. The van der Waals surface area contributed by atoms with E-state index in [2.05, 4.69) is 5.32 Å². The Morgan fingerprint density at radius 3 is 2.46 bits per heavy atom. The number of anilines is 1. The van der Waals surface area contributed by atoms with Crippen LogP contribution in [-0.2, 0) is 22.6 Å². The average molecular weight is 537 g/mol. The number of hydrogen-bond acceptors (Lipinski definition) is 6. The van der Waals surface area contributed by atoms with Crippen LogP contribution in [0.3, 0.4) is 0 Å². The van der Waals surface area contributed by atoms with Gasteiger partial charge in [0.05, 0.1) is 17.0 Å². The molecule has 1 aliphatic rings. The Kier molecular flexibility index (Phi) is 8.53. The normalized spacial score (nSPS) is 14.2. The third kappa shape index (κ3) is 6.53. The first-order valence-electron chi connectivity index (χ1n) is 11.6. The quantitative estimate of drug-likeness (QED) is 0.329. The van der Waals surface area contributed by atoms with Gasteiger partial charge in [-0.2, -0.15) is 0 Å². The third-order valence-corrected chi connectivity index (χ3v) is 6.78. The largest absolute Gasteiger partial charge is 0.493 e. The Labute approximate surface area is 224 Å². The first-order valence-corrected chi connectivity index (χ1v) is 12.8. The topological polar surface area (TPSA) is 84.9 Å². The first-order chi connectivity index (χ1) is 17.9. The van der Waals surface area contributed by atoms with Crippen LogP contribution in [0, 0.1) is 0 Å². The molecule has 3 amide bonds. The molecule has 0 aliphatic carbocycles. The highest BCUT2D eigenvalue weighted by molar-refractivity contribution is 8.18. The van der Waals surface area contributed by atoms with Gasteiger partial charge in [-0.1, -0.05) is 61.0 Å². The Morgan fingerprint density at radius 2 is 1.78 bits per heavy atom. The zero-order chi connectivity index (χ0) is 26.4. The van der Waals surface area contributed by atoms with Crippen LogP contribution in [0.15, 0.2) is 71.6 Å². The van der Waals surface area contributed by atoms with E-state index >= 15 is 0 Å². The summed E-state index contributed by atoms with van der Waals surface area (Å²) in [4.78, 5) is 39.0. The van der Waals surface area contributed by atoms with Gasteiger partial charge in [-0.15, -0.1) is 0 Å². The maximum Gasteiger partial charge on any atom is 0.294 e. The van der Waals surface area contributed by atoms with Crippen molar-refractivity contribution in [2.75, 3.05) is 19.0 Å². The zero-order valence-corrected chi connectivity index (χ0v) is 21.9. The number of benzene rings is 3. The van der Waals surface area contributed by atoms with Crippen molar-refractivity contribution in [1.82, 2.24) is 4.90 Å². The molecule has 190 valence electrons. The van der Waals surface area contributed by atoms with Gasteiger partial charge in [-0.25, -0.2) is 0 Å². The van der Waals surface area contributed by atoms with Crippen molar-refractivity contribution in [2.45, 2.75) is 20.0 Å². The predicted molar refractivity (Wildman–Crippen MR) is 146 cm³/mol. The fourth-order valence-corrected chi connectivity index (χ4v) is 4.76. The SMILES string of the molecule is CCc1ccc(NC(=O)CN2C(=O)S/C(=C\c3cc(Cl)c(OCc4ccccc4)c(OC)c3)C2=O)cc1. The summed E-state index contributed by atoms with van der Waals surface area (Å²) in [6.07, 6.45) is 2.43. The van der Waals surface area contributed by atoms with Gasteiger partial charge in [0.15, 0.2) is 11.5 Å². The molecule has 1 fully saturated rings. The van der Waals surface area contributed by atoms with Crippen molar-refractivity contribution in [2.24, 2.45) is 0 Å². The van der Waals surface area contributed by atoms with E-state index in [-0.39, 0.29) is 11.4 Å². The molecule has 0 unspecified atom stereocenters. The van der Waals surface area contributed by atoms with E-state index < -0.39 is 17.1 Å². The summed E-state index contributed by atoms with van der Waals surface area (Å²) in [5.41, 5.74) is 3.27. The summed E-state index contributed by atoms with van der Waals surface area (Å²) in [5.74, 6) is -0.243. The van der Waals surface area contributed by atoms with Crippen molar-refractivity contribution in [1.29, 1.82) is 0 Å². The van der Waals surface area contributed by atoms with Crippen LogP contribution in [0.5, 0.6) is 11.5 Å². The zero-order valence-electron chi connectivity index (χ0n) is 20.3. The summed E-state index contributed by atoms with van der Waals surface area (Å²) in [5, 5.41) is 2.50. The minimum absolute atomic E-state index is 0.182. The number of thioether (sulfide) groups is 1. The van der Waals surface area contributed by atoms with Gasteiger partial charge in [0.2, 0.25) is 5.91 Å². The standard InChI is InChI=1S/C28H25ClN2O5S/c1-3-18-9-11-21(12-10-18)30-25(32)16-31-27(33)24(37-28(31)34)15-20-13-22(29)26(23(14-20)35-2)36-17-19-7-5-4-6-8-19/h4-15H,3,16-17H2,1-2H3,(H,30,32)/b24-15-. The van der Waals surface area contributed by atoms with E-state index in [1.54, 1.807) is 30.3 Å². The Bertz CT molecular complexity index is 1340. The van der Waals surface area contributed by atoms with Gasteiger partial charge in [0.25, 0.3) is 11.1 Å². The highest BCUT2D eigenvalue weighted by Gasteiger charge is 2.36. The molecule has 1 aliphatic heterocycles. The molecule has 0 aromatic heterocycles. The van der Waals surface area contributed by atoms with Crippen LogP contribution in [0.1, 0.15) is 23.6 Å². The number of aryl methyl sites for hydroxylation is 1. The molecule has 0 atom stereocenters. The summed E-state index contributed by atoms with van der Waals surface area (Å²) >= 11 is 7.23. The fraction of sp³-hybridized carbons (Fsp3) is 0.179. The third-order valence-electron chi connectivity index (χ3n) is 5.60. The molecular weight excluding hydrogens is 512 g/mol. The highest BCUT2D eigenvalue weighted by atomic mass is 35.5. The van der Waals surface area contributed by atoms with Crippen LogP contribution in [-0.4, -0.2) is 35.6 Å². The van der Waals surface area contributed by atoms with Gasteiger partial charge in [0, 0.05) is 5.69 Å². The van der Waals surface area contributed by atoms with Crippen molar-refractivity contribution in [3.8, 4) is 11.5 Å². The lowest BCUT2D eigenvalue weighted by Gasteiger charge is -2.14. The van der Waals surface area contributed by atoms with Crippen molar-refractivity contribution in [3.63, 3.8) is 0 Å². The minimum atomic E-state index is -0.550. The Morgan fingerprint density at radius 1 is 1.05 bits per heavy atom. The van der Waals surface area contributed by atoms with E-state index in [4.69, 9.17) is 21.1 Å². The van der Waals surface area contributed by atoms with Crippen LogP contribution < -0.4 is 14.8 Å². The summed E-state index contributed by atoms with van der Waals surface area (Å²) in [6, 6.07) is 20.3. The second-order valence-corrected chi connectivity index (χ2v) is 9.58. The molecule has 0 saturated carbocycles. The molecule has 0 bridgehead atoms. The molecule has 0 radical (unpaired) electrons. The second kappa shape index (κ2) is 12.0. The number of nitrogens with zero attached hydrogens (tertiary/aromatic N) is 1. The van der Waals surface area contributed by atoms with Gasteiger partial charge >= 0.3 is 0 Å². The minimum Gasteiger partial charge on any atom is -0.493 e. The number of amides is 3. The number of halogens is 1. The average Bonchev–Trinajstić information content (AvgIpc) is 3.16. The number of imide groups is 1. The molecule has 3 aromatic carbocycles. The maximum atomic E-state index is 12.9. The van der Waals surface area contributed by atoms with Gasteiger partial charge in [-0.3, -0.25) is 19.3 Å². The molecule has 1 heterocycles. The van der Waals surface area contributed by atoms with E-state index in [1.807, 2.05) is 49.4 Å². The molecule has 37 heavy (non-hydrogen) atoms. The Balaban J connectivity index is 1.45. The molecular formula is C28H25ClN2O5S. The number of nitrogens with one attached hydrogen (secondary N) is 1. The lowest BCUT2D eigenvalue weighted by molar-refractivity contribution is -0.127. The fourth-order valence-electron chi connectivity index (χ4n) is 3.65. The monoisotopic (exact) mass is 536 g/mol. The molecule has 0 spiro atoms. The summed E-state index contributed by atoms with van der Waals surface area (Å²) in [7, 11) is 1.49. The molecule has 7 nitrogen and oxygen atoms in total. The van der Waals surface area contributed by atoms with E-state index in [0.29, 0.717) is 34.4 Å². The van der Waals surface area contributed by atoms with Crippen LogP contribution >= 0.6 is 23.4 Å². The second-order valence-electron chi connectivity index (χ2n) is 8.17. The van der Waals surface area contributed by atoms with Gasteiger partial charge in [-0.05, 0) is 65.2 Å². The smallest absolute Gasteiger partial charge is 0.294 e. The first kappa shape index (κ1) is 26.3. The van der Waals surface area contributed by atoms with Crippen molar-refractivity contribution >= 4 is 52.2 Å². The van der Waals surface area contributed by atoms with Crippen molar-refractivity contribution in [3.05, 3.63) is 93.3 Å². The molecule has 4 rings (SSSR count). The summed E-state index contributed by atoms with van der Waals surface area (Å²) in [6.45, 7) is 1.97. The molecule has 1 saturated heterocycles. The Hall–Kier alpha value is -3.75. The summed E-state index contributed by atoms with van der Waals surface area (Å²) < 4.78 is 11.3.